The van der Waals surface area contributed by atoms with E-state index in [1.54, 1.807) is 19.3 Å². The van der Waals surface area contributed by atoms with Crippen LogP contribution in [0.5, 0.6) is 0 Å². The van der Waals surface area contributed by atoms with Gasteiger partial charge in [-0.15, -0.1) is 0 Å². The fourth-order valence-electron chi connectivity index (χ4n) is 2.45. The lowest BCUT2D eigenvalue weighted by Gasteiger charge is -2.28. The molecular weight excluding hydrogens is 395 g/mol. The molecule has 0 aromatic carbocycles. The van der Waals surface area contributed by atoms with Crippen LogP contribution in [-0.4, -0.2) is 58.5 Å². The SMILES string of the molecule is CCC(C)(C)C(=O)N[C@@H](CCCN=C(N)N[N+](=O)[O-])C(=O)N[C@@H](CC(C)C)B(O)O. The molecule has 12 nitrogen and oxygen atoms in total. The largest absolute Gasteiger partial charge is 0.475 e. The summed E-state index contributed by atoms with van der Waals surface area (Å²) in [6, 6.07) is -0.934. The van der Waals surface area contributed by atoms with Crippen LogP contribution in [-0.2, 0) is 9.59 Å². The van der Waals surface area contributed by atoms with Gasteiger partial charge < -0.3 is 26.4 Å². The number of nitrogens with one attached hydrogen (secondary N) is 3. The maximum absolute atomic E-state index is 12.8. The van der Waals surface area contributed by atoms with Gasteiger partial charge >= 0.3 is 7.12 Å². The predicted molar refractivity (Wildman–Crippen MR) is 113 cm³/mol. The lowest BCUT2D eigenvalue weighted by molar-refractivity contribution is -0.525. The van der Waals surface area contributed by atoms with Crippen molar-refractivity contribution >= 4 is 24.9 Å². The van der Waals surface area contributed by atoms with E-state index in [-0.39, 0.29) is 30.8 Å². The van der Waals surface area contributed by atoms with Gasteiger partial charge in [-0.2, -0.15) is 0 Å². The Kier molecular flexibility index (Phi) is 12.0. The van der Waals surface area contributed by atoms with Gasteiger partial charge in [-0.25, -0.2) is 15.1 Å². The Morgan fingerprint density at radius 3 is 2.33 bits per heavy atom. The van der Waals surface area contributed by atoms with Crippen LogP contribution in [0.2, 0.25) is 0 Å². The van der Waals surface area contributed by atoms with E-state index >= 15 is 0 Å². The Hall–Kier alpha value is -2.41. The minimum atomic E-state index is -1.74. The molecule has 0 aromatic heterocycles. The van der Waals surface area contributed by atoms with Gasteiger partial charge in [0.2, 0.25) is 11.8 Å². The number of nitro groups is 1. The summed E-state index contributed by atoms with van der Waals surface area (Å²) >= 11 is 0. The molecule has 0 heterocycles. The van der Waals surface area contributed by atoms with Crippen LogP contribution >= 0.6 is 0 Å². The standard InChI is InChI=1S/C17H35BN6O6/c1-6-17(4,5)15(26)21-12(8-7-9-20-16(19)23-24(29)30)14(25)22-13(18(27)28)10-11(2)3/h11-13,27-28H,6-10H2,1-5H3,(H,21,26)(H,22,25)(H3,19,20,23)/t12-,13-/m0/s1. The quantitative estimate of drug-likeness (QED) is 0.0553. The summed E-state index contributed by atoms with van der Waals surface area (Å²) in [7, 11) is -1.74. The van der Waals surface area contributed by atoms with Gasteiger partial charge in [0.15, 0.2) is 5.03 Å². The number of hydrogen-bond acceptors (Lipinski definition) is 7. The van der Waals surface area contributed by atoms with E-state index in [4.69, 9.17) is 5.73 Å². The average molecular weight is 430 g/mol. The van der Waals surface area contributed by atoms with E-state index in [2.05, 4.69) is 15.6 Å². The molecule has 0 aliphatic rings. The Bertz CT molecular complexity index is 614. The molecule has 0 aromatic rings. The molecule has 0 aliphatic heterocycles. The minimum Gasteiger partial charge on any atom is -0.426 e. The predicted octanol–water partition coefficient (Wildman–Crippen LogP) is -0.673. The van der Waals surface area contributed by atoms with E-state index in [0.717, 1.165) is 0 Å². The summed E-state index contributed by atoms with van der Waals surface area (Å²) in [6.45, 7) is 9.23. The summed E-state index contributed by atoms with van der Waals surface area (Å²) in [4.78, 5) is 39.4. The molecule has 0 unspecified atom stereocenters. The van der Waals surface area contributed by atoms with E-state index in [1.165, 1.54) is 0 Å². The number of nitrogens with zero attached hydrogens (tertiary/aromatic N) is 2. The summed E-state index contributed by atoms with van der Waals surface area (Å²) in [5.41, 5.74) is 6.37. The van der Waals surface area contributed by atoms with Gasteiger partial charge in [0.05, 0.1) is 5.94 Å². The Labute approximate surface area is 177 Å². The number of amides is 2. The van der Waals surface area contributed by atoms with Crippen molar-refractivity contribution in [1.29, 1.82) is 0 Å². The first-order valence-electron chi connectivity index (χ1n) is 9.98. The number of nitrogens with two attached hydrogens (primary N) is 1. The smallest absolute Gasteiger partial charge is 0.426 e. The van der Waals surface area contributed by atoms with E-state index in [9.17, 15) is 29.8 Å². The molecule has 7 N–H and O–H groups in total. The Morgan fingerprint density at radius 2 is 1.87 bits per heavy atom. The highest BCUT2D eigenvalue weighted by Crippen LogP contribution is 2.20. The topological polar surface area (TPSA) is 192 Å². The summed E-state index contributed by atoms with van der Waals surface area (Å²) < 4.78 is 0. The highest BCUT2D eigenvalue weighted by molar-refractivity contribution is 6.43. The van der Waals surface area contributed by atoms with Crippen molar-refractivity contribution in [1.82, 2.24) is 16.1 Å². The normalized spacial score (nSPS) is 14.1. The highest BCUT2D eigenvalue weighted by atomic mass is 16.7. The third-order valence-corrected chi connectivity index (χ3v) is 4.67. The van der Waals surface area contributed by atoms with Crippen molar-refractivity contribution in [3.63, 3.8) is 0 Å². The number of aliphatic imine (C=N–C) groups is 1. The molecule has 0 rings (SSSR count). The summed E-state index contributed by atoms with van der Waals surface area (Å²) in [6.07, 6.45) is 1.40. The molecule has 0 saturated carbocycles. The van der Waals surface area contributed by atoms with Crippen LogP contribution < -0.4 is 21.8 Å². The van der Waals surface area contributed by atoms with Gasteiger partial charge in [-0.3, -0.25) is 9.59 Å². The van der Waals surface area contributed by atoms with Crippen molar-refractivity contribution in [3.8, 4) is 0 Å². The fraction of sp³-hybridized carbons (Fsp3) is 0.824. The molecular formula is C17H35BN6O6. The van der Waals surface area contributed by atoms with Crippen molar-refractivity contribution in [3.05, 3.63) is 10.1 Å². The molecule has 0 aliphatic carbocycles. The van der Waals surface area contributed by atoms with Crippen molar-refractivity contribution < 1.29 is 24.7 Å². The molecule has 0 bridgehead atoms. The number of hydrazine groups is 1. The van der Waals surface area contributed by atoms with Crippen LogP contribution in [0.1, 0.15) is 60.3 Å². The van der Waals surface area contributed by atoms with Crippen LogP contribution in [0.15, 0.2) is 4.99 Å². The number of hydrogen-bond donors (Lipinski definition) is 6. The Balaban J connectivity index is 5.20. The zero-order chi connectivity index (χ0) is 23.5. The second-order valence-corrected chi connectivity index (χ2v) is 8.20. The lowest BCUT2D eigenvalue weighted by atomic mass is 9.75. The third-order valence-electron chi connectivity index (χ3n) is 4.67. The van der Waals surface area contributed by atoms with Crippen LogP contribution in [0.3, 0.4) is 0 Å². The zero-order valence-corrected chi connectivity index (χ0v) is 18.3. The van der Waals surface area contributed by atoms with Crippen LogP contribution in [0.25, 0.3) is 0 Å². The molecule has 0 saturated heterocycles. The average Bonchev–Trinajstić information content (AvgIpc) is 2.62. The maximum Gasteiger partial charge on any atom is 0.475 e. The van der Waals surface area contributed by atoms with Crippen LogP contribution in [0, 0.1) is 21.4 Å². The van der Waals surface area contributed by atoms with Crippen molar-refractivity contribution in [2.24, 2.45) is 22.1 Å². The summed E-state index contributed by atoms with van der Waals surface area (Å²) in [5, 5.41) is 33.9. The van der Waals surface area contributed by atoms with E-state index in [0.29, 0.717) is 19.3 Å². The molecule has 0 radical (unpaired) electrons. The molecule has 172 valence electrons. The minimum absolute atomic E-state index is 0.0988. The first-order valence-corrected chi connectivity index (χ1v) is 9.98. The van der Waals surface area contributed by atoms with E-state index < -0.39 is 35.5 Å². The number of carbonyl (C=O) groups excluding carboxylic acids is 2. The molecule has 0 spiro atoms. The van der Waals surface area contributed by atoms with Crippen molar-refractivity contribution in [2.45, 2.75) is 72.3 Å². The Morgan fingerprint density at radius 1 is 1.27 bits per heavy atom. The second-order valence-electron chi connectivity index (χ2n) is 8.20. The number of carbonyl (C=O) groups is 2. The second kappa shape index (κ2) is 13.0. The van der Waals surface area contributed by atoms with Gasteiger partial charge in [-0.1, -0.05) is 40.0 Å². The molecule has 13 heteroatoms. The number of guanidine groups is 1. The summed E-state index contributed by atoms with van der Waals surface area (Å²) in [5.74, 6) is -2.00. The maximum atomic E-state index is 12.8. The molecule has 0 fully saturated rings. The first-order chi connectivity index (χ1) is 13.8. The molecule has 2 amide bonds. The highest BCUT2D eigenvalue weighted by Gasteiger charge is 2.32. The molecule has 2 atom stereocenters. The lowest BCUT2D eigenvalue weighted by Crippen LogP contribution is -2.55. The van der Waals surface area contributed by atoms with Crippen molar-refractivity contribution in [2.75, 3.05) is 6.54 Å². The van der Waals surface area contributed by atoms with Crippen LogP contribution in [0.4, 0.5) is 0 Å². The van der Waals surface area contributed by atoms with E-state index in [1.807, 2.05) is 20.8 Å². The van der Waals surface area contributed by atoms with Gasteiger partial charge in [0, 0.05) is 12.0 Å². The first kappa shape index (κ1) is 27.6. The van der Waals surface area contributed by atoms with Gasteiger partial charge in [0.1, 0.15) is 6.04 Å². The zero-order valence-electron chi connectivity index (χ0n) is 18.3. The third kappa shape index (κ3) is 11.0. The van der Waals surface area contributed by atoms with Gasteiger partial charge in [-0.05, 0) is 31.6 Å². The molecule has 30 heavy (non-hydrogen) atoms. The number of rotatable bonds is 13. The van der Waals surface area contributed by atoms with Gasteiger partial charge in [0.25, 0.3) is 5.96 Å². The monoisotopic (exact) mass is 430 g/mol. The fourth-order valence-corrected chi connectivity index (χ4v) is 2.45.